The third-order valence-electron chi connectivity index (χ3n) is 1.80. The van der Waals surface area contributed by atoms with Crippen molar-refractivity contribution in [3.05, 3.63) is 7.05 Å². The SMILES string of the molecule is [C]N(C(=O)O)N1CCCCC1. The van der Waals surface area contributed by atoms with Gasteiger partial charge in [-0.15, -0.1) is 0 Å². The average Bonchev–Trinajstić information content (AvgIpc) is 2.05. The van der Waals surface area contributed by atoms with E-state index in [1.165, 1.54) is 5.01 Å². The molecule has 1 N–H and O–H groups in total. The minimum atomic E-state index is -1.20. The van der Waals surface area contributed by atoms with Gasteiger partial charge in [-0.25, -0.2) is 14.8 Å². The van der Waals surface area contributed by atoms with E-state index in [0.717, 1.165) is 19.3 Å². The van der Waals surface area contributed by atoms with Crippen LogP contribution in [0.15, 0.2) is 0 Å². The molecule has 1 saturated heterocycles. The topological polar surface area (TPSA) is 43.8 Å². The van der Waals surface area contributed by atoms with Gasteiger partial charge in [-0.05, 0) is 12.8 Å². The summed E-state index contributed by atoms with van der Waals surface area (Å²) < 4.78 is 0. The van der Waals surface area contributed by atoms with E-state index in [2.05, 4.69) is 0 Å². The molecule has 0 aromatic heterocycles. The second kappa shape index (κ2) is 3.57. The fraction of sp³-hybridized carbons (Fsp3) is 0.714. The Morgan fingerprint density at radius 3 is 2.36 bits per heavy atom. The van der Waals surface area contributed by atoms with Crippen LogP contribution in [0.1, 0.15) is 19.3 Å². The Labute approximate surface area is 66.4 Å². The third kappa shape index (κ3) is 2.08. The van der Waals surface area contributed by atoms with Crippen LogP contribution in [0, 0.1) is 7.05 Å². The zero-order chi connectivity index (χ0) is 8.27. The Balaban J connectivity index is 2.38. The zero-order valence-electron chi connectivity index (χ0n) is 6.29. The maximum absolute atomic E-state index is 10.3. The molecule has 3 radical (unpaired) electrons. The molecule has 0 bridgehead atoms. The van der Waals surface area contributed by atoms with Crippen LogP contribution in [0.25, 0.3) is 0 Å². The number of hydrogen-bond acceptors (Lipinski definition) is 2. The number of carbonyl (C=O) groups is 1. The first-order valence-electron chi connectivity index (χ1n) is 3.71. The Morgan fingerprint density at radius 1 is 1.36 bits per heavy atom. The quantitative estimate of drug-likeness (QED) is 0.612. The summed E-state index contributed by atoms with van der Waals surface area (Å²) in [7, 11) is 7.08. The lowest BCUT2D eigenvalue weighted by atomic mass is 10.2. The van der Waals surface area contributed by atoms with Crippen molar-refractivity contribution in [3.8, 4) is 0 Å². The minimum Gasteiger partial charge on any atom is -0.464 e. The number of nitrogens with zero attached hydrogens (tertiary/aromatic N) is 2. The molecular formula is C7H11N2O2. The molecule has 0 aliphatic carbocycles. The van der Waals surface area contributed by atoms with E-state index >= 15 is 0 Å². The van der Waals surface area contributed by atoms with Crippen molar-refractivity contribution in [3.63, 3.8) is 0 Å². The molecule has 1 heterocycles. The number of carboxylic acid groups (broad SMARTS) is 1. The minimum absolute atomic E-state index is 0.527. The number of hydrazine groups is 1. The van der Waals surface area contributed by atoms with Crippen LogP contribution < -0.4 is 0 Å². The Bertz CT molecular complexity index is 143. The fourth-order valence-electron chi connectivity index (χ4n) is 1.20. The van der Waals surface area contributed by atoms with Crippen LogP contribution in [0.4, 0.5) is 4.79 Å². The molecule has 1 fully saturated rings. The molecule has 0 atom stereocenters. The Kier molecular flexibility index (Phi) is 2.70. The maximum Gasteiger partial charge on any atom is 0.422 e. The van der Waals surface area contributed by atoms with Gasteiger partial charge in [-0.1, -0.05) is 6.42 Å². The highest BCUT2D eigenvalue weighted by molar-refractivity contribution is 5.64. The number of hydrogen-bond donors (Lipinski definition) is 1. The lowest BCUT2D eigenvalue weighted by molar-refractivity contribution is 0.0111. The van der Waals surface area contributed by atoms with Crippen LogP contribution in [-0.4, -0.2) is 34.3 Å². The van der Waals surface area contributed by atoms with Crippen molar-refractivity contribution < 1.29 is 9.90 Å². The molecule has 0 aromatic carbocycles. The van der Waals surface area contributed by atoms with E-state index in [-0.39, 0.29) is 0 Å². The smallest absolute Gasteiger partial charge is 0.422 e. The molecule has 0 saturated carbocycles. The molecule has 11 heavy (non-hydrogen) atoms. The summed E-state index contributed by atoms with van der Waals surface area (Å²) in [5, 5.41) is 10.5. The van der Waals surface area contributed by atoms with Gasteiger partial charge < -0.3 is 5.11 Å². The fourth-order valence-corrected chi connectivity index (χ4v) is 1.20. The maximum atomic E-state index is 10.3. The van der Waals surface area contributed by atoms with Gasteiger partial charge in [0.1, 0.15) is 0 Å². The van der Waals surface area contributed by atoms with Gasteiger partial charge in [0.05, 0.1) is 0 Å². The van der Waals surface area contributed by atoms with Crippen molar-refractivity contribution in [2.75, 3.05) is 13.1 Å². The summed E-state index contributed by atoms with van der Waals surface area (Å²) in [6.07, 6.45) is 1.92. The van der Waals surface area contributed by atoms with Gasteiger partial charge in [-0.2, -0.15) is 0 Å². The predicted octanol–water partition coefficient (Wildman–Crippen LogP) is 0.913. The van der Waals surface area contributed by atoms with Crippen LogP contribution >= 0.6 is 0 Å². The highest BCUT2D eigenvalue weighted by Crippen LogP contribution is 2.10. The van der Waals surface area contributed by atoms with Crippen molar-refractivity contribution in [2.45, 2.75) is 19.3 Å². The summed E-state index contributed by atoms with van der Waals surface area (Å²) in [6, 6.07) is 0. The van der Waals surface area contributed by atoms with Crippen molar-refractivity contribution in [2.24, 2.45) is 0 Å². The second-order valence-electron chi connectivity index (χ2n) is 2.61. The van der Waals surface area contributed by atoms with Crippen LogP contribution in [0.3, 0.4) is 0 Å². The average molecular weight is 155 g/mol. The lowest BCUT2D eigenvalue weighted by Gasteiger charge is -2.31. The second-order valence-corrected chi connectivity index (χ2v) is 2.61. The van der Waals surface area contributed by atoms with Gasteiger partial charge in [0, 0.05) is 13.1 Å². The van der Waals surface area contributed by atoms with Crippen molar-refractivity contribution in [1.29, 1.82) is 0 Å². The normalized spacial score (nSPS) is 19.7. The van der Waals surface area contributed by atoms with Gasteiger partial charge >= 0.3 is 6.09 Å². The first-order valence-corrected chi connectivity index (χ1v) is 3.71. The Hall–Kier alpha value is -0.770. The van der Waals surface area contributed by atoms with Crippen molar-refractivity contribution >= 4 is 6.09 Å². The summed E-state index contributed by atoms with van der Waals surface area (Å²) >= 11 is 0. The number of amides is 1. The monoisotopic (exact) mass is 155 g/mol. The summed E-state index contributed by atoms with van der Waals surface area (Å²) in [4.78, 5) is 10.3. The van der Waals surface area contributed by atoms with E-state index in [1.807, 2.05) is 0 Å². The molecule has 4 nitrogen and oxygen atoms in total. The molecule has 0 aromatic rings. The predicted molar refractivity (Wildman–Crippen MR) is 38.5 cm³/mol. The number of rotatable bonds is 1. The summed E-state index contributed by atoms with van der Waals surface area (Å²) in [5.41, 5.74) is 0. The molecule has 1 aliphatic rings. The molecule has 0 unspecified atom stereocenters. The highest BCUT2D eigenvalue weighted by atomic mass is 16.4. The summed E-state index contributed by atoms with van der Waals surface area (Å²) in [6.45, 7) is 1.38. The highest BCUT2D eigenvalue weighted by Gasteiger charge is 2.18. The van der Waals surface area contributed by atoms with E-state index < -0.39 is 6.09 Å². The molecule has 1 aliphatic heterocycles. The number of piperidine rings is 1. The van der Waals surface area contributed by atoms with Gasteiger partial charge in [-0.3, -0.25) is 0 Å². The Morgan fingerprint density at radius 2 is 1.91 bits per heavy atom. The van der Waals surface area contributed by atoms with E-state index in [0.29, 0.717) is 18.1 Å². The molecule has 61 valence electrons. The lowest BCUT2D eigenvalue weighted by Crippen LogP contribution is -2.44. The van der Waals surface area contributed by atoms with Crippen LogP contribution in [0.2, 0.25) is 0 Å². The van der Waals surface area contributed by atoms with E-state index in [9.17, 15) is 4.79 Å². The zero-order valence-corrected chi connectivity index (χ0v) is 6.29. The standard InChI is InChI=1S/C7H11N2O2/c1-8(7(10)11)9-5-3-2-4-6-9/h2-6H2,(H,10,11). The van der Waals surface area contributed by atoms with Gasteiger partial charge in [0.25, 0.3) is 0 Å². The van der Waals surface area contributed by atoms with E-state index in [4.69, 9.17) is 12.2 Å². The van der Waals surface area contributed by atoms with Crippen LogP contribution in [0.5, 0.6) is 0 Å². The van der Waals surface area contributed by atoms with Crippen molar-refractivity contribution in [1.82, 2.24) is 10.0 Å². The van der Waals surface area contributed by atoms with Gasteiger partial charge in [0.15, 0.2) is 7.05 Å². The van der Waals surface area contributed by atoms with Gasteiger partial charge in [0.2, 0.25) is 0 Å². The van der Waals surface area contributed by atoms with E-state index in [1.54, 1.807) is 0 Å². The van der Waals surface area contributed by atoms with Crippen LogP contribution in [-0.2, 0) is 0 Å². The summed E-state index contributed by atoms with van der Waals surface area (Å²) in [5.74, 6) is 0. The third-order valence-corrected chi connectivity index (χ3v) is 1.80. The first-order chi connectivity index (χ1) is 5.22. The molecule has 0 spiro atoms. The molecule has 1 amide bonds. The molecule has 1 rings (SSSR count). The molecular weight excluding hydrogens is 144 g/mol. The largest absolute Gasteiger partial charge is 0.464 e. The first kappa shape index (κ1) is 8.33. The molecule has 4 heteroatoms.